The lowest BCUT2D eigenvalue weighted by molar-refractivity contribution is -0.920. The molecule has 0 bridgehead atoms. The van der Waals surface area contributed by atoms with Gasteiger partial charge in [-0.1, -0.05) is 18.7 Å². The van der Waals surface area contributed by atoms with Gasteiger partial charge in [-0.05, 0) is 27.2 Å². The van der Waals surface area contributed by atoms with Crippen molar-refractivity contribution in [2.24, 2.45) is 0 Å². The second-order valence-electron chi connectivity index (χ2n) is 3.98. The van der Waals surface area contributed by atoms with Crippen molar-refractivity contribution in [3.05, 3.63) is 0 Å². The smallest absolute Gasteiger partial charge is 0.189 e. The minimum atomic E-state index is 0.360. The summed E-state index contributed by atoms with van der Waals surface area (Å²) < 4.78 is 1.15. The molecule has 0 spiro atoms. The van der Waals surface area contributed by atoms with E-state index in [4.69, 9.17) is 0 Å². The summed E-state index contributed by atoms with van der Waals surface area (Å²) in [4.78, 5) is 11.3. The number of carbonyl (C=O) groups excluding carboxylic acids is 1. The first kappa shape index (κ1) is 15.0. The molecule has 3 heteroatoms. The third-order valence-corrected chi connectivity index (χ3v) is 4.21. The third kappa shape index (κ3) is 5.57. The molecule has 0 fully saturated rings. The fraction of sp³-hybridized carbons (Fsp3) is 0.917. The van der Waals surface area contributed by atoms with Crippen molar-refractivity contribution in [2.45, 2.75) is 40.5 Å². The zero-order valence-electron chi connectivity index (χ0n) is 10.7. The maximum absolute atomic E-state index is 11.3. The van der Waals surface area contributed by atoms with Crippen molar-refractivity contribution in [1.82, 2.24) is 0 Å². The van der Waals surface area contributed by atoms with Gasteiger partial charge in [0.2, 0.25) is 0 Å². The van der Waals surface area contributed by atoms with E-state index in [1.807, 2.05) is 0 Å². The number of quaternary nitrogens is 1. The molecular weight excluding hydrogens is 206 g/mol. The molecule has 0 radical (unpaired) electrons. The predicted molar refractivity (Wildman–Crippen MR) is 69.1 cm³/mol. The Balaban J connectivity index is 3.85. The minimum Gasteiger partial charge on any atom is -0.324 e. The summed E-state index contributed by atoms with van der Waals surface area (Å²) in [5.74, 6) is 0.981. The molecule has 0 rings (SSSR count). The molecule has 15 heavy (non-hydrogen) atoms. The fourth-order valence-electron chi connectivity index (χ4n) is 1.77. The highest BCUT2D eigenvalue weighted by Gasteiger charge is 2.20. The normalized spacial score (nSPS) is 11.7. The summed E-state index contributed by atoms with van der Waals surface area (Å²) in [5, 5.41) is 0.360. The topological polar surface area (TPSA) is 17.1 Å². The number of carbonyl (C=O) groups is 1. The largest absolute Gasteiger partial charge is 0.324 e. The minimum absolute atomic E-state index is 0.360. The molecule has 0 aromatic carbocycles. The van der Waals surface area contributed by atoms with E-state index in [1.54, 1.807) is 0 Å². The third-order valence-electron chi connectivity index (χ3n) is 3.30. The van der Waals surface area contributed by atoms with Crippen LogP contribution < -0.4 is 0 Å². The lowest BCUT2D eigenvalue weighted by Gasteiger charge is -2.35. The van der Waals surface area contributed by atoms with Gasteiger partial charge in [0.25, 0.3) is 0 Å². The summed E-state index contributed by atoms with van der Waals surface area (Å²) in [6.07, 6.45) is 1.70. The van der Waals surface area contributed by atoms with Crippen molar-refractivity contribution in [1.29, 1.82) is 0 Å². The van der Waals surface area contributed by atoms with E-state index in [0.717, 1.165) is 29.6 Å². The molecule has 0 atom stereocenters. The highest BCUT2D eigenvalue weighted by atomic mass is 32.2. The van der Waals surface area contributed by atoms with Crippen molar-refractivity contribution < 1.29 is 9.28 Å². The van der Waals surface area contributed by atoms with Crippen LogP contribution in [0.25, 0.3) is 0 Å². The molecule has 0 aliphatic carbocycles. The fourth-order valence-corrected chi connectivity index (χ4v) is 2.83. The number of thioether (sulfide) groups is 1. The Hall–Kier alpha value is -0.0200. The maximum Gasteiger partial charge on any atom is 0.189 e. The van der Waals surface area contributed by atoms with Gasteiger partial charge in [-0.25, -0.2) is 0 Å². The average Bonchev–Trinajstić information content (AvgIpc) is 2.25. The zero-order chi connectivity index (χ0) is 11.7. The Morgan fingerprint density at radius 1 is 1.07 bits per heavy atom. The van der Waals surface area contributed by atoms with Crippen molar-refractivity contribution >= 4 is 16.9 Å². The van der Waals surface area contributed by atoms with Crippen LogP contribution in [-0.2, 0) is 4.79 Å². The van der Waals surface area contributed by atoms with E-state index in [2.05, 4.69) is 27.7 Å². The number of hydrogen-bond donors (Lipinski definition) is 0. The molecule has 0 aliphatic heterocycles. The van der Waals surface area contributed by atoms with Gasteiger partial charge in [-0.15, -0.1) is 0 Å². The van der Waals surface area contributed by atoms with Gasteiger partial charge in [0, 0.05) is 6.42 Å². The number of hydrogen-bond acceptors (Lipinski definition) is 2. The molecule has 0 aromatic heterocycles. The quantitative estimate of drug-likeness (QED) is 0.599. The zero-order valence-corrected chi connectivity index (χ0v) is 11.5. The molecule has 0 aliphatic rings. The maximum atomic E-state index is 11.3. The van der Waals surface area contributed by atoms with Gasteiger partial charge in [0.15, 0.2) is 5.12 Å². The van der Waals surface area contributed by atoms with Crippen LogP contribution in [0.2, 0.25) is 0 Å². The summed E-state index contributed by atoms with van der Waals surface area (Å²) >= 11 is 1.52. The van der Waals surface area contributed by atoms with Crippen molar-refractivity contribution in [3.8, 4) is 0 Å². The molecule has 0 saturated carbocycles. The van der Waals surface area contributed by atoms with Crippen LogP contribution in [0.4, 0.5) is 0 Å². The van der Waals surface area contributed by atoms with Crippen LogP contribution in [0.5, 0.6) is 0 Å². The molecule has 0 heterocycles. The van der Waals surface area contributed by atoms with Gasteiger partial charge in [-0.3, -0.25) is 4.79 Å². The molecule has 0 unspecified atom stereocenters. The lowest BCUT2D eigenvalue weighted by atomic mass is 10.3. The van der Waals surface area contributed by atoms with Gasteiger partial charge >= 0.3 is 0 Å². The standard InChI is InChI=1S/C12H26NOS/c1-5-9-12(14)15-11-10-13(6-2,7-3)8-4/h5-11H2,1-4H3/q+1. The number of nitrogens with zero attached hydrogens (tertiary/aromatic N) is 1. The number of rotatable bonds is 8. The van der Waals surface area contributed by atoms with Crippen LogP contribution in [0.1, 0.15) is 40.5 Å². The van der Waals surface area contributed by atoms with E-state index >= 15 is 0 Å². The molecule has 0 aromatic rings. The van der Waals surface area contributed by atoms with E-state index in [0.29, 0.717) is 5.12 Å². The second kappa shape index (κ2) is 8.17. The molecule has 2 nitrogen and oxygen atoms in total. The van der Waals surface area contributed by atoms with Crippen LogP contribution in [0.15, 0.2) is 0 Å². The van der Waals surface area contributed by atoms with E-state index in [1.165, 1.54) is 31.4 Å². The first-order chi connectivity index (χ1) is 7.14. The molecule has 0 saturated heterocycles. The van der Waals surface area contributed by atoms with Gasteiger partial charge in [0.05, 0.1) is 31.9 Å². The first-order valence-corrected chi connectivity index (χ1v) is 7.13. The van der Waals surface area contributed by atoms with Gasteiger partial charge in [0.1, 0.15) is 0 Å². The highest BCUT2D eigenvalue weighted by Crippen LogP contribution is 2.12. The Kier molecular flexibility index (Phi) is 8.16. The van der Waals surface area contributed by atoms with Crippen LogP contribution in [0, 0.1) is 0 Å². The summed E-state index contributed by atoms with van der Waals surface area (Å²) in [6.45, 7) is 13.4. The molecule has 90 valence electrons. The van der Waals surface area contributed by atoms with Crippen molar-refractivity contribution in [3.63, 3.8) is 0 Å². The Morgan fingerprint density at radius 3 is 2.00 bits per heavy atom. The van der Waals surface area contributed by atoms with E-state index in [9.17, 15) is 4.79 Å². The van der Waals surface area contributed by atoms with E-state index in [-0.39, 0.29) is 0 Å². The van der Waals surface area contributed by atoms with Gasteiger partial charge in [-0.2, -0.15) is 0 Å². The molecule has 0 N–H and O–H groups in total. The highest BCUT2D eigenvalue weighted by molar-refractivity contribution is 8.13. The predicted octanol–water partition coefficient (Wildman–Crippen LogP) is 2.92. The van der Waals surface area contributed by atoms with Crippen molar-refractivity contribution in [2.75, 3.05) is 31.9 Å². The van der Waals surface area contributed by atoms with E-state index < -0.39 is 0 Å². The summed E-state index contributed by atoms with van der Waals surface area (Å²) in [5.41, 5.74) is 0. The van der Waals surface area contributed by atoms with Crippen LogP contribution in [0.3, 0.4) is 0 Å². The SMILES string of the molecule is CCCC(=O)SCC[N+](CC)(CC)CC. The monoisotopic (exact) mass is 232 g/mol. The Bertz CT molecular complexity index is 170. The molecular formula is C12H26NOS+. The average molecular weight is 232 g/mol. The van der Waals surface area contributed by atoms with Crippen LogP contribution >= 0.6 is 11.8 Å². The van der Waals surface area contributed by atoms with Crippen LogP contribution in [-0.4, -0.2) is 41.5 Å². The molecule has 0 amide bonds. The summed E-state index contributed by atoms with van der Waals surface area (Å²) in [7, 11) is 0. The van der Waals surface area contributed by atoms with Gasteiger partial charge < -0.3 is 4.48 Å². The summed E-state index contributed by atoms with van der Waals surface area (Å²) in [6, 6.07) is 0. The second-order valence-corrected chi connectivity index (χ2v) is 5.14. The Labute approximate surface area is 99.0 Å². The lowest BCUT2D eigenvalue weighted by Crippen LogP contribution is -2.49. The first-order valence-electron chi connectivity index (χ1n) is 6.14. The Morgan fingerprint density at radius 2 is 1.60 bits per heavy atom.